The molecule has 6 heteroatoms. The third-order valence-corrected chi connectivity index (χ3v) is 3.57. The van der Waals surface area contributed by atoms with Crippen LogP contribution in [0.3, 0.4) is 0 Å². The van der Waals surface area contributed by atoms with Crippen molar-refractivity contribution >= 4 is 5.95 Å². The number of hydrogen-bond acceptors (Lipinski definition) is 6. The summed E-state index contributed by atoms with van der Waals surface area (Å²) in [7, 11) is 1.72. The number of methoxy groups -OCH3 is 1. The Balaban J connectivity index is 1.89. The molecule has 1 saturated heterocycles. The molecule has 2 rings (SSSR count). The van der Waals surface area contributed by atoms with Gasteiger partial charge in [-0.3, -0.25) is 0 Å². The van der Waals surface area contributed by atoms with E-state index < -0.39 is 0 Å². The lowest BCUT2D eigenvalue weighted by Gasteiger charge is -2.24. The molecular formula is C14H26N4O2. The largest absolute Gasteiger partial charge is 0.383 e. The third-order valence-electron chi connectivity index (χ3n) is 3.57. The SMILES string of the molecule is CCCNC(COC)Cc1nc(N2CCCCC2)no1. The van der Waals surface area contributed by atoms with Crippen LogP contribution in [-0.4, -0.2) is 49.5 Å². The van der Waals surface area contributed by atoms with Crippen LogP contribution in [0.1, 0.15) is 38.5 Å². The summed E-state index contributed by atoms with van der Waals surface area (Å²) in [5, 5.41) is 7.55. The number of ether oxygens (including phenoxy) is 1. The van der Waals surface area contributed by atoms with E-state index >= 15 is 0 Å². The molecule has 0 radical (unpaired) electrons. The van der Waals surface area contributed by atoms with Gasteiger partial charge in [0, 0.05) is 32.7 Å². The summed E-state index contributed by atoms with van der Waals surface area (Å²) < 4.78 is 10.6. The Morgan fingerprint density at radius 3 is 2.85 bits per heavy atom. The van der Waals surface area contributed by atoms with Gasteiger partial charge in [0.25, 0.3) is 5.95 Å². The molecule has 2 heterocycles. The highest BCUT2D eigenvalue weighted by atomic mass is 16.5. The van der Waals surface area contributed by atoms with Gasteiger partial charge >= 0.3 is 0 Å². The van der Waals surface area contributed by atoms with Crippen LogP contribution in [0.2, 0.25) is 0 Å². The first kappa shape index (κ1) is 15.3. The fourth-order valence-electron chi connectivity index (χ4n) is 2.50. The van der Waals surface area contributed by atoms with E-state index in [0.717, 1.165) is 32.0 Å². The maximum absolute atomic E-state index is 5.38. The average Bonchev–Trinajstić information content (AvgIpc) is 2.94. The maximum Gasteiger partial charge on any atom is 0.266 e. The molecule has 0 saturated carbocycles. The molecule has 114 valence electrons. The lowest BCUT2D eigenvalue weighted by atomic mass is 10.1. The molecule has 0 spiro atoms. The Hall–Kier alpha value is -1.14. The van der Waals surface area contributed by atoms with E-state index in [1.165, 1.54) is 19.3 Å². The molecule has 0 aromatic carbocycles. The van der Waals surface area contributed by atoms with Crippen LogP contribution in [0.15, 0.2) is 4.52 Å². The van der Waals surface area contributed by atoms with E-state index in [1.807, 2.05) is 0 Å². The highest BCUT2D eigenvalue weighted by Gasteiger charge is 2.18. The van der Waals surface area contributed by atoms with Crippen molar-refractivity contribution in [1.29, 1.82) is 0 Å². The standard InChI is InChI=1S/C14H26N4O2/c1-3-7-15-12(11-19-2)10-13-16-14(17-20-13)18-8-5-4-6-9-18/h12,15H,3-11H2,1-2H3. The number of hydrogen-bond donors (Lipinski definition) is 1. The van der Waals surface area contributed by atoms with Crippen LogP contribution in [0, 0.1) is 0 Å². The lowest BCUT2D eigenvalue weighted by Crippen LogP contribution is -2.35. The second-order valence-electron chi connectivity index (χ2n) is 5.35. The van der Waals surface area contributed by atoms with Crippen molar-refractivity contribution in [2.45, 2.75) is 45.1 Å². The van der Waals surface area contributed by atoms with Gasteiger partial charge in [-0.1, -0.05) is 6.92 Å². The number of anilines is 1. The average molecular weight is 282 g/mol. The smallest absolute Gasteiger partial charge is 0.266 e. The van der Waals surface area contributed by atoms with Gasteiger partial charge in [0.15, 0.2) is 0 Å². The minimum Gasteiger partial charge on any atom is -0.383 e. The highest BCUT2D eigenvalue weighted by molar-refractivity contribution is 5.28. The third kappa shape index (κ3) is 4.45. The second kappa shape index (κ2) is 8.21. The summed E-state index contributed by atoms with van der Waals surface area (Å²) in [5.74, 6) is 1.43. The Morgan fingerprint density at radius 2 is 2.15 bits per heavy atom. The van der Waals surface area contributed by atoms with Gasteiger partial charge in [0.2, 0.25) is 5.89 Å². The molecule has 1 N–H and O–H groups in total. The van der Waals surface area contributed by atoms with Gasteiger partial charge in [-0.05, 0) is 37.4 Å². The summed E-state index contributed by atoms with van der Waals surface area (Å²) in [4.78, 5) is 6.73. The summed E-state index contributed by atoms with van der Waals surface area (Å²) in [6, 6.07) is 0.231. The van der Waals surface area contributed by atoms with Gasteiger partial charge < -0.3 is 19.5 Å². The van der Waals surface area contributed by atoms with Crippen molar-refractivity contribution in [2.24, 2.45) is 0 Å². The molecule has 1 aliphatic heterocycles. The van der Waals surface area contributed by atoms with Crippen molar-refractivity contribution in [2.75, 3.05) is 38.3 Å². The van der Waals surface area contributed by atoms with Gasteiger partial charge in [-0.15, -0.1) is 0 Å². The van der Waals surface area contributed by atoms with E-state index in [2.05, 4.69) is 27.3 Å². The number of nitrogens with zero attached hydrogens (tertiary/aromatic N) is 3. The monoisotopic (exact) mass is 282 g/mol. The predicted molar refractivity (Wildman–Crippen MR) is 78.0 cm³/mol. The van der Waals surface area contributed by atoms with Crippen LogP contribution in [-0.2, 0) is 11.2 Å². The number of rotatable bonds is 8. The molecule has 1 fully saturated rings. The molecule has 6 nitrogen and oxygen atoms in total. The molecule has 1 atom stereocenters. The zero-order valence-corrected chi connectivity index (χ0v) is 12.6. The molecule has 1 aliphatic rings. The van der Waals surface area contributed by atoms with Crippen molar-refractivity contribution in [1.82, 2.24) is 15.5 Å². The van der Waals surface area contributed by atoms with Crippen LogP contribution >= 0.6 is 0 Å². The summed E-state index contributed by atoms with van der Waals surface area (Å²) >= 11 is 0. The Labute approximate surface area is 120 Å². The maximum atomic E-state index is 5.38. The lowest BCUT2D eigenvalue weighted by molar-refractivity contribution is 0.161. The zero-order chi connectivity index (χ0) is 14.2. The van der Waals surface area contributed by atoms with E-state index in [9.17, 15) is 0 Å². The Bertz CT molecular complexity index is 377. The predicted octanol–water partition coefficient (Wildman–Crippen LogP) is 1.62. The molecule has 0 amide bonds. The molecule has 0 aliphatic carbocycles. The van der Waals surface area contributed by atoms with E-state index in [-0.39, 0.29) is 6.04 Å². The van der Waals surface area contributed by atoms with Crippen molar-refractivity contribution < 1.29 is 9.26 Å². The zero-order valence-electron chi connectivity index (χ0n) is 12.6. The molecule has 20 heavy (non-hydrogen) atoms. The van der Waals surface area contributed by atoms with Crippen molar-refractivity contribution in [3.8, 4) is 0 Å². The minimum atomic E-state index is 0.231. The molecule has 1 unspecified atom stereocenters. The van der Waals surface area contributed by atoms with Gasteiger partial charge in [0.1, 0.15) is 0 Å². The quantitative estimate of drug-likeness (QED) is 0.781. The minimum absolute atomic E-state index is 0.231. The topological polar surface area (TPSA) is 63.4 Å². The van der Waals surface area contributed by atoms with Crippen molar-refractivity contribution in [3.05, 3.63) is 5.89 Å². The molecular weight excluding hydrogens is 256 g/mol. The first-order valence-electron chi connectivity index (χ1n) is 7.63. The first-order valence-corrected chi connectivity index (χ1v) is 7.63. The van der Waals surface area contributed by atoms with Gasteiger partial charge in [-0.2, -0.15) is 4.98 Å². The van der Waals surface area contributed by atoms with Crippen LogP contribution < -0.4 is 10.2 Å². The normalized spacial score (nSPS) is 17.4. The second-order valence-corrected chi connectivity index (χ2v) is 5.35. The summed E-state index contributed by atoms with van der Waals surface area (Å²) in [6.45, 7) is 5.85. The van der Waals surface area contributed by atoms with E-state index in [4.69, 9.17) is 9.26 Å². The summed E-state index contributed by atoms with van der Waals surface area (Å²) in [5.41, 5.74) is 0. The summed E-state index contributed by atoms with van der Waals surface area (Å²) in [6.07, 6.45) is 5.55. The molecule has 1 aromatic heterocycles. The fraction of sp³-hybridized carbons (Fsp3) is 0.857. The van der Waals surface area contributed by atoms with Gasteiger partial charge in [-0.25, -0.2) is 0 Å². The number of piperidine rings is 1. The van der Waals surface area contributed by atoms with Gasteiger partial charge in [0.05, 0.1) is 6.61 Å². The van der Waals surface area contributed by atoms with Crippen LogP contribution in [0.25, 0.3) is 0 Å². The Morgan fingerprint density at radius 1 is 1.35 bits per heavy atom. The van der Waals surface area contributed by atoms with Crippen LogP contribution in [0.5, 0.6) is 0 Å². The number of aromatic nitrogens is 2. The highest BCUT2D eigenvalue weighted by Crippen LogP contribution is 2.16. The molecule has 1 aromatic rings. The Kier molecular flexibility index (Phi) is 6.26. The van der Waals surface area contributed by atoms with Crippen molar-refractivity contribution in [3.63, 3.8) is 0 Å². The fourth-order valence-corrected chi connectivity index (χ4v) is 2.50. The number of nitrogens with one attached hydrogen (secondary N) is 1. The molecule has 0 bridgehead atoms. The van der Waals surface area contributed by atoms with E-state index in [1.54, 1.807) is 7.11 Å². The van der Waals surface area contributed by atoms with Crippen LogP contribution in [0.4, 0.5) is 5.95 Å². The van der Waals surface area contributed by atoms with E-state index in [0.29, 0.717) is 18.9 Å². The first-order chi connectivity index (χ1) is 9.83.